The predicted molar refractivity (Wildman–Crippen MR) is 45.9 cm³/mol. The zero-order chi connectivity index (χ0) is 8.85. The maximum atomic E-state index is 10.7. The van der Waals surface area contributed by atoms with Gasteiger partial charge in [0.25, 0.3) is 0 Å². The fourth-order valence-corrected chi connectivity index (χ4v) is 0.953. The van der Waals surface area contributed by atoms with Gasteiger partial charge in [0, 0.05) is 13.5 Å². The minimum Gasteiger partial charge on any atom is -0.379 e. The highest BCUT2D eigenvalue weighted by molar-refractivity contribution is 6.22. The van der Waals surface area contributed by atoms with Crippen molar-refractivity contribution in [2.45, 2.75) is 24.8 Å². The van der Waals surface area contributed by atoms with E-state index in [0.29, 0.717) is 6.42 Å². The van der Waals surface area contributed by atoms with E-state index in [2.05, 4.69) is 6.58 Å². The van der Waals surface area contributed by atoms with Crippen molar-refractivity contribution in [1.29, 1.82) is 0 Å². The molecule has 0 fully saturated rings. The van der Waals surface area contributed by atoms with Crippen LogP contribution in [0, 0.1) is 0 Å². The van der Waals surface area contributed by atoms with E-state index in [1.54, 1.807) is 6.08 Å². The monoisotopic (exact) mass is 176 g/mol. The lowest BCUT2D eigenvalue weighted by Gasteiger charge is -2.15. The molecule has 0 rings (SSSR count). The summed E-state index contributed by atoms with van der Waals surface area (Å²) in [4.78, 5) is 10.7. The maximum absolute atomic E-state index is 10.7. The number of hydrogen-bond acceptors (Lipinski definition) is 2. The molecule has 0 unspecified atom stereocenters. The van der Waals surface area contributed by atoms with Crippen molar-refractivity contribution in [3.63, 3.8) is 0 Å². The van der Waals surface area contributed by atoms with Crippen LogP contribution < -0.4 is 0 Å². The number of ether oxygens (including phenoxy) is 1. The molecule has 0 aromatic heterocycles. The highest BCUT2D eigenvalue weighted by Gasteiger charge is 2.16. The zero-order valence-electron chi connectivity index (χ0n) is 6.84. The maximum Gasteiger partial charge on any atom is 0.132 e. The van der Waals surface area contributed by atoms with Crippen LogP contribution in [0.5, 0.6) is 0 Å². The molecule has 0 aliphatic rings. The molecule has 0 saturated heterocycles. The van der Waals surface area contributed by atoms with Crippen molar-refractivity contribution >= 4 is 17.4 Å². The molecular formula is C8H13ClO2. The molecule has 0 spiro atoms. The Kier molecular flexibility index (Phi) is 5.16. The first kappa shape index (κ1) is 10.7. The molecule has 0 aliphatic carbocycles. The molecule has 0 radical (unpaired) electrons. The van der Waals surface area contributed by atoms with Crippen molar-refractivity contribution in [3.8, 4) is 0 Å². The van der Waals surface area contributed by atoms with Gasteiger partial charge in [0.1, 0.15) is 5.78 Å². The molecule has 64 valence electrons. The first-order chi connectivity index (χ1) is 5.11. The molecule has 0 aromatic carbocycles. The van der Waals surface area contributed by atoms with E-state index in [9.17, 15) is 4.79 Å². The Morgan fingerprint density at radius 3 is 2.64 bits per heavy atom. The van der Waals surface area contributed by atoms with Crippen LogP contribution in [0.2, 0.25) is 0 Å². The molecule has 2 nitrogen and oxygen atoms in total. The Balaban J connectivity index is 3.93. The van der Waals surface area contributed by atoms with E-state index in [4.69, 9.17) is 16.3 Å². The second-order valence-corrected chi connectivity index (χ2v) is 2.86. The highest BCUT2D eigenvalue weighted by atomic mass is 35.5. The van der Waals surface area contributed by atoms with Gasteiger partial charge in [0.15, 0.2) is 0 Å². The fraction of sp³-hybridized carbons (Fsp3) is 0.625. The molecule has 0 bridgehead atoms. The third-order valence-electron chi connectivity index (χ3n) is 1.37. The summed E-state index contributed by atoms with van der Waals surface area (Å²) in [6.07, 6.45) is 1.67. The Hall–Kier alpha value is -0.340. The quantitative estimate of drug-likeness (QED) is 0.472. The van der Waals surface area contributed by atoms with Crippen molar-refractivity contribution < 1.29 is 9.53 Å². The average molecular weight is 177 g/mol. The lowest BCUT2D eigenvalue weighted by molar-refractivity contribution is -0.119. The average Bonchev–Trinajstić information content (AvgIpc) is 1.98. The predicted octanol–water partition coefficient (Wildman–Crippen LogP) is 1.77. The van der Waals surface area contributed by atoms with Crippen LogP contribution in [0.25, 0.3) is 0 Å². The van der Waals surface area contributed by atoms with E-state index in [1.807, 2.05) is 0 Å². The van der Waals surface area contributed by atoms with E-state index in [1.165, 1.54) is 14.0 Å². The van der Waals surface area contributed by atoms with Crippen molar-refractivity contribution in [2.24, 2.45) is 0 Å². The summed E-state index contributed by atoms with van der Waals surface area (Å²) >= 11 is 5.78. The van der Waals surface area contributed by atoms with Crippen LogP contribution >= 0.6 is 11.6 Å². The molecule has 0 saturated carbocycles. The van der Waals surface area contributed by atoms with Gasteiger partial charge in [0.05, 0.1) is 11.5 Å². The number of methoxy groups -OCH3 is 1. The standard InChI is InChI=1S/C8H13ClO2/c1-4-7(9)8(11-3)5-6(2)10/h4,7-8H,1,5H2,2-3H3/t7-,8-/m1/s1. The number of Topliss-reactive ketones (excluding diaryl/α,β-unsaturated/α-hetero) is 1. The largest absolute Gasteiger partial charge is 0.379 e. The SMILES string of the molecule is C=C[C@@H](Cl)[C@@H](CC(C)=O)OC. The summed E-state index contributed by atoms with van der Waals surface area (Å²) in [5, 5.41) is -0.288. The van der Waals surface area contributed by atoms with Gasteiger partial charge in [-0.25, -0.2) is 0 Å². The smallest absolute Gasteiger partial charge is 0.132 e. The minimum absolute atomic E-state index is 0.0735. The molecule has 0 amide bonds. The Morgan fingerprint density at radius 2 is 2.36 bits per heavy atom. The fourth-order valence-electron chi connectivity index (χ4n) is 0.761. The van der Waals surface area contributed by atoms with Gasteiger partial charge in [-0.15, -0.1) is 18.2 Å². The second kappa shape index (κ2) is 5.33. The minimum atomic E-state index is -0.288. The number of halogens is 1. The Morgan fingerprint density at radius 1 is 1.82 bits per heavy atom. The number of carbonyl (C=O) groups excluding carboxylic acids is 1. The van der Waals surface area contributed by atoms with Crippen molar-refractivity contribution in [1.82, 2.24) is 0 Å². The van der Waals surface area contributed by atoms with E-state index in [-0.39, 0.29) is 17.3 Å². The first-order valence-electron chi connectivity index (χ1n) is 3.40. The summed E-state index contributed by atoms with van der Waals surface area (Å²) in [5.41, 5.74) is 0. The zero-order valence-corrected chi connectivity index (χ0v) is 7.60. The summed E-state index contributed by atoms with van der Waals surface area (Å²) < 4.78 is 4.99. The molecule has 0 N–H and O–H groups in total. The van der Waals surface area contributed by atoms with E-state index >= 15 is 0 Å². The van der Waals surface area contributed by atoms with Gasteiger partial charge >= 0.3 is 0 Å². The molecule has 2 atom stereocenters. The van der Waals surface area contributed by atoms with Crippen molar-refractivity contribution in [2.75, 3.05) is 7.11 Å². The second-order valence-electron chi connectivity index (χ2n) is 2.36. The number of carbonyl (C=O) groups is 1. The van der Waals surface area contributed by atoms with E-state index < -0.39 is 0 Å². The Bertz CT molecular complexity index is 145. The summed E-state index contributed by atoms with van der Waals surface area (Å²) in [6, 6.07) is 0. The van der Waals surface area contributed by atoms with Gasteiger partial charge in [-0.1, -0.05) is 6.08 Å². The highest BCUT2D eigenvalue weighted by Crippen LogP contribution is 2.11. The number of alkyl halides is 1. The van der Waals surface area contributed by atoms with Crippen molar-refractivity contribution in [3.05, 3.63) is 12.7 Å². The number of hydrogen-bond donors (Lipinski definition) is 0. The van der Waals surface area contributed by atoms with Crippen LogP contribution in [0.15, 0.2) is 12.7 Å². The van der Waals surface area contributed by atoms with Gasteiger partial charge in [-0.3, -0.25) is 4.79 Å². The van der Waals surface area contributed by atoms with Gasteiger partial charge in [-0.05, 0) is 6.92 Å². The molecular weight excluding hydrogens is 164 g/mol. The molecule has 0 aromatic rings. The van der Waals surface area contributed by atoms with E-state index in [0.717, 1.165) is 0 Å². The normalized spacial score (nSPS) is 15.5. The van der Waals surface area contributed by atoms with Crippen LogP contribution in [0.1, 0.15) is 13.3 Å². The summed E-state index contributed by atoms with van der Waals surface area (Å²) in [6.45, 7) is 5.03. The Labute approximate surface area is 72.2 Å². The third-order valence-corrected chi connectivity index (χ3v) is 1.83. The topological polar surface area (TPSA) is 26.3 Å². The molecule has 0 aliphatic heterocycles. The molecule has 0 heterocycles. The van der Waals surface area contributed by atoms with Crippen LogP contribution in [0.4, 0.5) is 0 Å². The van der Waals surface area contributed by atoms with Gasteiger partial charge in [-0.2, -0.15) is 0 Å². The summed E-state index contributed by atoms with van der Waals surface area (Å²) in [5.74, 6) is 0.0735. The molecule has 11 heavy (non-hydrogen) atoms. The molecule has 3 heteroatoms. The van der Waals surface area contributed by atoms with Crippen LogP contribution in [-0.2, 0) is 9.53 Å². The number of ketones is 1. The lowest BCUT2D eigenvalue weighted by atomic mass is 10.1. The van der Waals surface area contributed by atoms with Crippen LogP contribution in [0.3, 0.4) is 0 Å². The van der Waals surface area contributed by atoms with Crippen LogP contribution in [-0.4, -0.2) is 24.4 Å². The number of rotatable bonds is 5. The first-order valence-corrected chi connectivity index (χ1v) is 3.84. The van der Waals surface area contributed by atoms with Gasteiger partial charge < -0.3 is 4.74 Å². The lowest BCUT2D eigenvalue weighted by Crippen LogP contribution is -2.23. The van der Waals surface area contributed by atoms with Gasteiger partial charge in [0.2, 0.25) is 0 Å². The summed E-state index contributed by atoms with van der Waals surface area (Å²) in [7, 11) is 1.53. The third kappa shape index (κ3) is 4.17.